The summed E-state index contributed by atoms with van der Waals surface area (Å²) < 4.78 is 0. The minimum absolute atomic E-state index is 0.685. The van der Waals surface area contributed by atoms with E-state index in [0.717, 1.165) is 11.2 Å². The van der Waals surface area contributed by atoms with E-state index in [1.54, 1.807) is 5.57 Å². The van der Waals surface area contributed by atoms with Gasteiger partial charge in [0.1, 0.15) is 0 Å². The van der Waals surface area contributed by atoms with Crippen molar-refractivity contribution >= 4 is 15.9 Å². The summed E-state index contributed by atoms with van der Waals surface area (Å²) in [6.07, 6.45) is 4.97. The molecule has 0 N–H and O–H groups in total. The molecule has 0 aliphatic heterocycles. The number of hydrogen-bond acceptors (Lipinski definition) is 0. The first kappa shape index (κ1) is 12.2. The lowest BCUT2D eigenvalue weighted by atomic mass is 9.96. The second-order valence-corrected chi connectivity index (χ2v) is 4.17. The molecule has 1 heteroatoms. The SMILES string of the molecule is CCC(C=C(CBr)C(C)C)CC. The van der Waals surface area contributed by atoms with Crippen molar-refractivity contribution in [2.45, 2.75) is 40.5 Å². The molecule has 0 aromatic heterocycles. The van der Waals surface area contributed by atoms with E-state index < -0.39 is 0 Å². The fraction of sp³-hybridized carbons (Fsp3) is 0.818. The Labute approximate surface area is 85.6 Å². The summed E-state index contributed by atoms with van der Waals surface area (Å²) in [6.45, 7) is 9.04. The second kappa shape index (κ2) is 6.71. The third-order valence-corrected chi connectivity index (χ3v) is 3.04. The average molecular weight is 233 g/mol. The number of alkyl halides is 1. The molecule has 0 radical (unpaired) electrons. The van der Waals surface area contributed by atoms with Crippen LogP contribution < -0.4 is 0 Å². The van der Waals surface area contributed by atoms with E-state index in [1.807, 2.05) is 0 Å². The van der Waals surface area contributed by atoms with Gasteiger partial charge in [0.05, 0.1) is 0 Å². The summed E-state index contributed by atoms with van der Waals surface area (Å²) in [5, 5.41) is 1.03. The van der Waals surface area contributed by atoms with E-state index in [1.165, 1.54) is 12.8 Å². The highest BCUT2D eigenvalue weighted by Crippen LogP contribution is 2.18. The summed E-state index contributed by atoms with van der Waals surface area (Å²) in [7, 11) is 0. The zero-order valence-corrected chi connectivity index (χ0v) is 10.3. The molecule has 12 heavy (non-hydrogen) atoms. The molecule has 0 aromatic rings. The maximum absolute atomic E-state index is 3.54. The van der Waals surface area contributed by atoms with Crippen molar-refractivity contribution in [2.24, 2.45) is 11.8 Å². The molecule has 0 saturated heterocycles. The van der Waals surface area contributed by atoms with Gasteiger partial charge in [0, 0.05) is 5.33 Å². The van der Waals surface area contributed by atoms with Crippen LogP contribution in [0.3, 0.4) is 0 Å². The van der Waals surface area contributed by atoms with Gasteiger partial charge in [-0.15, -0.1) is 0 Å². The monoisotopic (exact) mass is 232 g/mol. The Morgan fingerprint density at radius 3 is 2.00 bits per heavy atom. The molecule has 0 fully saturated rings. The second-order valence-electron chi connectivity index (χ2n) is 3.61. The standard InChI is InChI=1S/C11H21Br/c1-5-10(6-2)7-11(8-12)9(3)4/h7,9-10H,5-6,8H2,1-4H3. The van der Waals surface area contributed by atoms with Gasteiger partial charge in [-0.25, -0.2) is 0 Å². The molecule has 0 rings (SSSR count). The lowest BCUT2D eigenvalue weighted by Crippen LogP contribution is -2.00. The van der Waals surface area contributed by atoms with Gasteiger partial charge in [0.2, 0.25) is 0 Å². The molecule has 72 valence electrons. The van der Waals surface area contributed by atoms with E-state index in [9.17, 15) is 0 Å². The molecule has 0 unspecified atom stereocenters. The third kappa shape index (κ3) is 4.30. The summed E-state index contributed by atoms with van der Waals surface area (Å²) in [5.41, 5.74) is 1.55. The predicted molar refractivity (Wildman–Crippen MR) is 60.8 cm³/mol. The fourth-order valence-electron chi connectivity index (χ4n) is 1.22. The normalized spacial score (nSPS) is 13.1. The Morgan fingerprint density at radius 2 is 1.75 bits per heavy atom. The highest BCUT2D eigenvalue weighted by atomic mass is 79.9. The van der Waals surface area contributed by atoms with Crippen LogP contribution in [0.5, 0.6) is 0 Å². The van der Waals surface area contributed by atoms with Gasteiger partial charge in [-0.1, -0.05) is 55.3 Å². The van der Waals surface area contributed by atoms with Gasteiger partial charge >= 0.3 is 0 Å². The smallest absolute Gasteiger partial charge is 0.0244 e. The Bertz CT molecular complexity index is 132. The van der Waals surface area contributed by atoms with Gasteiger partial charge in [0.15, 0.2) is 0 Å². The third-order valence-electron chi connectivity index (χ3n) is 2.39. The first-order valence-electron chi connectivity index (χ1n) is 4.92. The minimum atomic E-state index is 0.685. The maximum atomic E-state index is 3.54. The Kier molecular flexibility index (Phi) is 6.83. The number of halogens is 1. The molecular weight excluding hydrogens is 212 g/mol. The summed E-state index contributed by atoms with van der Waals surface area (Å²) in [6, 6.07) is 0. The minimum Gasteiger partial charge on any atom is -0.0880 e. The molecular formula is C11H21Br. The first-order chi connectivity index (χ1) is 5.65. The van der Waals surface area contributed by atoms with Gasteiger partial charge in [0.25, 0.3) is 0 Å². The largest absolute Gasteiger partial charge is 0.0880 e. The molecule has 0 heterocycles. The number of hydrogen-bond donors (Lipinski definition) is 0. The highest BCUT2D eigenvalue weighted by molar-refractivity contribution is 9.09. The lowest BCUT2D eigenvalue weighted by molar-refractivity contribution is 0.593. The zero-order chi connectivity index (χ0) is 9.56. The number of rotatable bonds is 5. The van der Waals surface area contributed by atoms with Crippen molar-refractivity contribution in [1.29, 1.82) is 0 Å². The molecule has 0 atom stereocenters. The van der Waals surface area contributed by atoms with Crippen LogP contribution in [0, 0.1) is 11.8 Å². The van der Waals surface area contributed by atoms with Crippen LogP contribution in [0.1, 0.15) is 40.5 Å². The topological polar surface area (TPSA) is 0 Å². The van der Waals surface area contributed by atoms with Crippen molar-refractivity contribution in [3.8, 4) is 0 Å². The molecule has 0 amide bonds. The molecule has 0 nitrogen and oxygen atoms in total. The summed E-state index contributed by atoms with van der Waals surface area (Å²) in [4.78, 5) is 0. The van der Waals surface area contributed by atoms with Crippen LogP contribution in [0.4, 0.5) is 0 Å². The Morgan fingerprint density at radius 1 is 1.25 bits per heavy atom. The van der Waals surface area contributed by atoms with Gasteiger partial charge in [-0.05, 0) is 24.7 Å². The molecule has 0 aromatic carbocycles. The Balaban J connectivity index is 4.24. The van der Waals surface area contributed by atoms with Crippen molar-refractivity contribution in [1.82, 2.24) is 0 Å². The van der Waals surface area contributed by atoms with E-state index >= 15 is 0 Å². The number of allylic oxidation sites excluding steroid dienone is 2. The van der Waals surface area contributed by atoms with Crippen molar-refractivity contribution in [2.75, 3.05) is 5.33 Å². The van der Waals surface area contributed by atoms with E-state index in [-0.39, 0.29) is 0 Å². The highest BCUT2D eigenvalue weighted by Gasteiger charge is 2.05. The fourth-order valence-corrected chi connectivity index (χ4v) is 2.05. The predicted octanol–water partition coefficient (Wildman–Crippen LogP) is 4.40. The Hall–Kier alpha value is 0.220. The maximum Gasteiger partial charge on any atom is 0.0244 e. The lowest BCUT2D eigenvalue weighted by Gasteiger charge is -2.12. The molecule has 0 bridgehead atoms. The molecule has 0 saturated carbocycles. The molecule has 0 aliphatic carbocycles. The molecule has 0 spiro atoms. The summed E-state index contributed by atoms with van der Waals surface area (Å²) in [5.74, 6) is 1.46. The van der Waals surface area contributed by atoms with Crippen molar-refractivity contribution < 1.29 is 0 Å². The van der Waals surface area contributed by atoms with Gasteiger partial charge in [-0.2, -0.15) is 0 Å². The van der Waals surface area contributed by atoms with E-state index in [0.29, 0.717) is 5.92 Å². The van der Waals surface area contributed by atoms with Crippen molar-refractivity contribution in [3.63, 3.8) is 0 Å². The van der Waals surface area contributed by atoms with E-state index in [4.69, 9.17) is 0 Å². The van der Waals surface area contributed by atoms with Crippen LogP contribution in [0.25, 0.3) is 0 Å². The van der Waals surface area contributed by atoms with Gasteiger partial charge < -0.3 is 0 Å². The average Bonchev–Trinajstić information content (AvgIpc) is 2.06. The van der Waals surface area contributed by atoms with Crippen LogP contribution in [0.2, 0.25) is 0 Å². The van der Waals surface area contributed by atoms with Crippen LogP contribution in [-0.2, 0) is 0 Å². The first-order valence-corrected chi connectivity index (χ1v) is 6.04. The molecule has 0 aliphatic rings. The van der Waals surface area contributed by atoms with E-state index in [2.05, 4.69) is 49.7 Å². The van der Waals surface area contributed by atoms with Crippen LogP contribution in [0.15, 0.2) is 11.6 Å². The van der Waals surface area contributed by atoms with Gasteiger partial charge in [-0.3, -0.25) is 0 Å². The quantitative estimate of drug-likeness (QED) is 0.487. The summed E-state index contributed by atoms with van der Waals surface area (Å²) >= 11 is 3.54. The van der Waals surface area contributed by atoms with Crippen LogP contribution >= 0.6 is 15.9 Å². The van der Waals surface area contributed by atoms with Crippen LogP contribution in [-0.4, -0.2) is 5.33 Å². The zero-order valence-electron chi connectivity index (χ0n) is 8.73. The van der Waals surface area contributed by atoms with Crippen molar-refractivity contribution in [3.05, 3.63) is 11.6 Å².